The molecule has 0 saturated carbocycles. The molecule has 20 heavy (non-hydrogen) atoms. The van der Waals surface area contributed by atoms with E-state index in [1.54, 1.807) is 13.8 Å². The van der Waals surface area contributed by atoms with Crippen molar-refractivity contribution in [2.24, 2.45) is 0 Å². The molecule has 1 saturated heterocycles. The van der Waals surface area contributed by atoms with Gasteiger partial charge in [0.15, 0.2) is 5.79 Å². The molecule has 1 amide bonds. The van der Waals surface area contributed by atoms with E-state index in [1.165, 1.54) is 6.07 Å². The Balaban J connectivity index is 1.84. The van der Waals surface area contributed by atoms with Gasteiger partial charge in [0.2, 0.25) is 5.91 Å². The highest BCUT2D eigenvalue weighted by Gasteiger charge is 2.32. The van der Waals surface area contributed by atoms with E-state index in [-0.39, 0.29) is 24.6 Å². The monoisotopic (exact) mass is 285 g/mol. The number of carbonyl (C=O) groups excluding carboxylic acids is 1. The van der Waals surface area contributed by atoms with Gasteiger partial charge in [-0.25, -0.2) is 8.78 Å². The Bertz CT molecular complexity index is 485. The molecule has 0 aromatic heterocycles. The van der Waals surface area contributed by atoms with Crippen molar-refractivity contribution in [1.29, 1.82) is 0 Å². The van der Waals surface area contributed by atoms with Gasteiger partial charge in [-0.1, -0.05) is 6.07 Å². The topological polar surface area (TPSA) is 47.6 Å². The summed E-state index contributed by atoms with van der Waals surface area (Å²) in [6.45, 7) is 4.19. The van der Waals surface area contributed by atoms with E-state index in [0.717, 1.165) is 12.1 Å². The van der Waals surface area contributed by atoms with Gasteiger partial charge in [0, 0.05) is 12.1 Å². The van der Waals surface area contributed by atoms with Crippen LogP contribution in [0.2, 0.25) is 0 Å². The number of amides is 1. The third-order valence-electron chi connectivity index (χ3n) is 2.99. The Kier molecular flexibility index (Phi) is 4.35. The maximum atomic E-state index is 13.4. The minimum Gasteiger partial charge on any atom is -0.353 e. The predicted molar refractivity (Wildman–Crippen MR) is 68.0 cm³/mol. The van der Waals surface area contributed by atoms with Crippen LogP contribution in [0.1, 0.15) is 19.4 Å². The van der Waals surface area contributed by atoms with Crippen molar-refractivity contribution in [1.82, 2.24) is 5.32 Å². The van der Waals surface area contributed by atoms with Crippen LogP contribution >= 0.6 is 0 Å². The van der Waals surface area contributed by atoms with Crippen LogP contribution in [0.15, 0.2) is 18.2 Å². The fourth-order valence-corrected chi connectivity index (χ4v) is 2.02. The second-order valence-electron chi connectivity index (χ2n) is 5.13. The van der Waals surface area contributed by atoms with E-state index < -0.39 is 23.3 Å². The predicted octanol–water partition coefficient (Wildman–Crippen LogP) is 1.77. The van der Waals surface area contributed by atoms with Crippen LogP contribution < -0.4 is 5.32 Å². The van der Waals surface area contributed by atoms with E-state index in [1.807, 2.05) is 0 Å². The molecule has 0 bridgehead atoms. The van der Waals surface area contributed by atoms with Gasteiger partial charge in [-0.05, 0) is 26.0 Å². The molecule has 4 nitrogen and oxygen atoms in total. The second-order valence-corrected chi connectivity index (χ2v) is 5.13. The largest absolute Gasteiger partial charge is 0.353 e. The first-order valence-electron chi connectivity index (χ1n) is 6.39. The highest BCUT2D eigenvalue weighted by molar-refractivity contribution is 5.78. The lowest BCUT2D eigenvalue weighted by molar-refractivity contribution is -0.139. The number of rotatable bonds is 4. The van der Waals surface area contributed by atoms with Gasteiger partial charge in [0.25, 0.3) is 0 Å². The van der Waals surface area contributed by atoms with Gasteiger partial charge < -0.3 is 14.8 Å². The Morgan fingerprint density at radius 2 is 2.05 bits per heavy atom. The van der Waals surface area contributed by atoms with Crippen LogP contribution in [0.3, 0.4) is 0 Å². The van der Waals surface area contributed by atoms with Crippen LogP contribution in [-0.2, 0) is 20.7 Å². The van der Waals surface area contributed by atoms with Gasteiger partial charge in [0.05, 0.1) is 13.0 Å². The zero-order valence-electron chi connectivity index (χ0n) is 11.4. The second kappa shape index (κ2) is 5.85. The summed E-state index contributed by atoms with van der Waals surface area (Å²) in [6, 6.07) is 3.52. The van der Waals surface area contributed by atoms with Crippen molar-refractivity contribution in [2.45, 2.75) is 32.2 Å². The van der Waals surface area contributed by atoms with E-state index in [2.05, 4.69) is 5.32 Å². The molecule has 110 valence electrons. The van der Waals surface area contributed by atoms with Gasteiger partial charge in [-0.3, -0.25) is 4.79 Å². The van der Waals surface area contributed by atoms with Crippen LogP contribution in [-0.4, -0.2) is 30.9 Å². The Morgan fingerprint density at radius 1 is 1.40 bits per heavy atom. The number of carbonyl (C=O) groups is 1. The maximum Gasteiger partial charge on any atom is 0.224 e. The fourth-order valence-electron chi connectivity index (χ4n) is 2.02. The molecule has 1 aromatic rings. The van der Waals surface area contributed by atoms with Gasteiger partial charge in [0.1, 0.15) is 17.7 Å². The van der Waals surface area contributed by atoms with E-state index in [0.29, 0.717) is 6.61 Å². The molecule has 1 heterocycles. The van der Waals surface area contributed by atoms with Crippen LogP contribution in [0.4, 0.5) is 8.78 Å². The molecule has 0 radical (unpaired) electrons. The number of hydrogen-bond acceptors (Lipinski definition) is 3. The lowest BCUT2D eigenvalue weighted by Crippen LogP contribution is -2.35. The van der Waals surface area contributed by atoms with E-state index >= 15 is 0 Å². The SMILES string of the molecule is CC1(C)OCC(CNC(=O)Cc2c(F)cccc2F)O1. The molecular formula is C14H17F2NO3. The number of ether oxygens (including phenoxy) is 2. The summed E-state index contributed by atoms with van der Waals surface area (Å²) < 4.78 is 37.6. The Hall–Kier alpha value is -1.53. The molecule has 1 aliphatic rings. The van der Waals surface area contributed by atoms with Crippen molar-refractivity contribution in [2.75, 3.05) is 13.2 Å². The summed E-state index contributed by atoms with van der Waals surface area (Å²) in [7, 11) is 0. The number of halogens is 2. The third kappa shape index (κ3) is 3.74. The summed E-state index contributed by atoms with van der Waals surface area (Å²) in [5.41, 5.74) is -0.228. The van der Waals surface area contributed by atoms with Crippen LogP contribution in [0, 0.1) is 11.6 Å². The van der Waals surface area contributed by atoms with Gasteiger partial charge in [-0.2, -0.15) is 0 Å². The fraction of sp³-hybridized carbons (Fsp3) is 0.500. The highest BCUT2D eigenvalue weighted by atomic mass is 19.1. The lowest BCUT2D eigenvalue weighted by Gasteiger charge is -2.17. The van der Waals surface area contributed by atoms with Crippen molar-refractivity contribution < 1.29 is 23.0 Å². The summed E-state index contributed by atoms with van der Waals surface area (Å²) in [4.78, 5) is 11.7. The number of hydrogen-bond donors (Lipinski definition) is 1. The standard InChI is InChI=1S/C14H17F2NO3/c1-14(2)19-8-9(20-14)7-17-13(18)6-10-11(15)4-3-5-12(10)16/h3-5,9H,6-8H2,1-2H3,(H,17,18). The quantitative estimate of drug-likeness (QED) is 0.917. The average molecular weight is 285 g/mol. The third-order valence-corrected chi connectivity index (χ3v) is 2.99. The molecule has 1 fully saturated rings. The maximum absolute atomic E-state index is 13.4. The van der Waals surface area contributed by atoms with Gasteiger partial charge >= 0.3 is 0 Å². The minimum absolute atomic E-state index is 0.228. The lowest BCUT2D eigenvalue weighted by atomic mass is 10.1. The summed E-state index contributed by atoms with van der Waals surface area (Å²) >= 11 is 0. The first kappa shape index (κ1) is 14.9. The zero-order chi connectivity index (χ0) is 14.8. The molecule has 1 unspecified atom stereocenters. The van der Waals surface area contributed by atoms with E-state index in [4.69, 9.17) is 9.47 Å². The van der Waals surface area contributed by atoms with Crippen molar-refractivity contribution in [3.8, 4) is 0 Å². The first-order valence-corrected chi connectivity index (χ1v) is 6.39. The number of benzene rings is 1. The Morgan fingerprint density at radius 3 is 2.60 bits per heavy atom. The van der Waals surface area contributed by atoms with Crippen LogP contribution in [0.5, 0.6) is 0 Å². The zero-order valence-corrected chi connectivity index (χ0v) is 11.4. The first-order chi connectivity index (χ1) is 9.37. The molecule has 0 aliphatic carbocycles. The molecule has 1 N–H and O–H groups in total. The smallest absolute Gasteiger partial charge is 0.224 e. The molecular weight excluding hydrogens is 268 g/mol. The molecule has 1 atom stereocenters. The molecule has 2 rings (SSSR count). The number of nitrogens with one attached hydrogen (secondary N) is 1. The summed E-state index contributed by atoms with van der Waals surface area (Å²) in [5, 5.41) is 2.59. The molecule has 6 heteroatoms. The van der Waals surface area contributed by atoms with Gasteiger partial charge in [-0.15, -0.1) is 0 Å². The molecule has 1 aromatic carbocycles. The van der Waals surface area contributed by atoms with Crippen molar-refractivity contribution in [3.05, 3.63) is 35.4 Å². The average Bonchev–Trinajstić information content (AvgIpc) is 2.71. The normalized spacial score (nSPS) is 20.9. The minimum atomic E-state index is -0.721. The van der Waals surface area contributed by atoms with Crippen molar-refractivity contribution in [3.63, 3.8) is 0 Å². The van der Waals surface area contributed by atoms with E-state index in [9.17, 15) is 13.6 Å². The van der Waals surface area contributed by atoms with Crippen molar-refractivity contribution >= 4 is 5.91 Å². The Labute approximate surface area is 116 Å². The molecule has 0 spiro atoms. The molecule has 1 aliphatic heterocycles. The van der Waals surface area contributed by atoms with Crippen LogP contribution in [0.25, 0.3) is 0 Å². The summed E-state index contributed by atoms with van der Waals surface area (Å²) in [5.74, 6) is -2.56. The summed E-state index contributed by atoms with van der Waals surface area (Å²) in [6.07, 6.45) is -0.588. The highest BCUT2D eigenvalue weighted by Crippen LogP contribution is 2.21.